The van der Waals surface area contributed by atoms with Gasteiger partial charge in [-0.15, -0.1) is 0 Å². The summed E-state index contributed by atoms with van der Waals surface area (Å²) >= 11 is 0. The zero-order valence-corrected chi connectivity index (χ0v) is 12.8. The Balaban J connectivity index is 1.47. The van der Waals surface area contributed by atoms with E-state index in [1.54, 1.807) is 7.11 Å². The molecule has 3 atom stereocenters. The van der Waals surface area contributed by atoms with Crippen LogP contribution in [0.2, 0.25) is 0 Å². The zero-order chi connectivity index (χ0) is 15.1. The molecule has 0 N–H and O–H groups in total. The number of carbonyl (C=O) groups excluding carboxylic acids is 1. The Morgan fingerprint density at radius 2 is 1.95 bits per heavy atom. The van der Waals surface area contributed by atoms with Crippen molar-refractivity contribution >= 4 is 5.91 Å². The summed E-state index contributed by atoms with van der Waals surface area (Å²) in [4.78, 5) is 14.8. The van der Waals surface area contributed by atoms with Crippen molar-refractivity contribution in [1.29, 1.82) is 0 Å². The summed E-state index contributed by atoms with van der Waals surface area (Å²) in [7, 11) is 1.77. The summed E-state index contributed by atoms with van der Waals surface area (Å²) in [6.07, 6.45) is 4.91. The Morgan fingerprint density at radius 1 is 1.23 bits per heavy atom. The second-order valence-corrected chi connectivity index (χ2v) is 6.38. The maximum Gasteiger partial charge on any atom is 0.231 e. The second kappa shape index (κ2) is 5.47. The third-order valence-electron chi connectivity index (χ3n) is 5.10. The van der Waals surface area contributed by atoms with E-state index in [1.165, 1.54) is 0 Å². The van der Waals surface area contributed by atoms with Gasteiger partial charge in [-0.1, -0.05) is 6.07 Å². The van der Waals surface area contributed by atoms with Gasteiger partial charge in [0, 0.05) is 19.2 Å². The lowest BCUT2D eigenvalue weighted by atomic mass is 9.98. The quantitative estimate of drug-likeness (QED) is 0.858. The minimum atomic E-state index is 0.223. The van der Waals surface area contributed by atoms with Crippen LogP contribution in [-0.4, -0.2) is 42.9 Å². The molecule has 3 heterocycles. The minimum Gasteiger partial charge on any atom is -0.454 e. The number of nitrogens with zero attached hydrogens (tertiary/aromatic N) is 1. The molecule has 3 aliphatic rings. The van der Waals surface area contributed by atoms with Gasteiger partial charge in [-0.05, 0) is 43.4 Å². The average molecular weight is 303 g/mol. The first kappa shape index (κ1) is 13.9. The van der Waals surface area contributed by atoms with E-state index in [0.29, 0.717) is 24.6 Å². The molecular weight excluding hydrogens is 282 g/mol. The van der Waals surface area contributed by atoms with Gasteiger partial charge in [-0.25, -0.2) is 0 Å². The van der Waals surface area contributed by atoms with E-state index < -0.39 is 0 Å². The van der Waals surface area contributed by atoms with Crippen LogP contribution in [0.4, 0.5) is 0 Å². The number of carbonyl (C=O) groups is 1. The van der Waals surface area contributed by atoms with Crippen LogP contribution in [0.3, 0.4) is 0 Å². The van der Waals surface area contributed by atoms with Crippen molar-refractivity contribution < 1.29 is 19.0 Å². The fourth-order valence-electron chi connectivity index (χ4n) is 4.04. The lowest BCUT2D eigenvalue weighted by Crippen LogP contribution is -2.48. The first-order valence-corrected chi connectivity index (χ1v) is 7.97. The van der Waals surface area contributed by atoms with Crippen LogP contribution in [0.15, 0.2) is 18.2 Å². The van der Waals surface area contributed by atoms with E-state index in [0.717, 1.165) is 42.7 Å². The van der Waals surface area contributed by atoms with Crippen molar-refractivity contribution in [2.75, 3.05) is 13.9 Å². The van der Waals surface area contributed by atoms with Crippen LogP contribution >= 0.6 is 0 Å². The Bertz CT molecular complexity index is 574. The van der Waals surface area contributed by atoms with Gasteiger partial charge in [0.25, 0.3) is 0 Å². The highest BCUT2D eigenvalue weighted by Crippen LogP contribution is 2.38. The second-order valence-electron chi connectivity index (χ2n) is 6.38. The molecule has 0 aromatic heterocycles. The summed E-state index contributed by atoms with van der Waals surface area (Å²) in [5, 5.41) is 0. The predicted octanol–water partition coefficient (Wildman–Crippen LogP) is 2.13. The number of piperidine rings is 1. The fraction of sp³-hybridized carbons (Fsp3) is 0.588. The Hall–Kier alpha value is -1.75. The number of amides is 1. The molecule has 3 aliphatic heterocycles. The smallest absolute Gasteiger partial charge is 0.231 e. The summed E-state index contributed by atoms with van der Waals surface area (Å²) in [5.74, 6) is 1.73. The molecule has 1 amide bonds. The number of methoxy groups -OCH3 is 1. The molecule has 5 heteroatoms. The highest BCUT2D eigenvalue weighted by atomic mass is 16.7. The first-order chi connectivity index (χ1) is 10.7. The van der Waals surface area contributed by atoms with Gasteiger partial charge >= 0.3 is 0 Å². The van der Waals surface area contributed by atoms with Crippen molar-refractivity contribution in [2.45, 2.75) is 50.3 Å². The van der Waals surface area contributed by atoms with Crippen molar-refractivity contribution in [3.63, 3.8) is 0 Å². The normalized spacial score (nSPS) is 29.0. The van der Waals surface area contributed by atoms with Crippen LogP contribution in [0.5, 0.6) is 11.5 Å². The number of benzene rings is 1. The maximum atomic E-state index is 12.7. The molecule has 118 valence electrons. The van der Waals surface area contributed by atoms with Gasteiger partial charge in [-0.3, -0.25) is 4.79 Å². The third kappa shape index (κ3) is 2.33. The molecular formula is C17H21NO4. The van der Waals surface area contributed by atoms with Crippen molar-refractivity contribution in [3.05, 3.63) is 23.8 Å². The fourth-order valence-corrected chi connectivity index (χ4v) is 4.04. The van der Waals surface area contributed by atoms with Gasteiger partial charge in [0.1, 0.15) is 0 Å². The van der Waals surface area contributed by atoms with Gasteiger partial charge in [-0.2, -0.15) is 0 Å². The van der Waals surface area contributed by atoms with Crippen LogP contribution in [0.25, 0.3) is 0 Å². The summed E-state index contributed by atoms with van der Waals surface area (Å²) < 4.78 is 16.2. The molecule has 2 fully saturated rings. The Labute approximate surface area is 130 Å². The molecule has 1 aromatic rings. The lowest BCUT2D eigenvalue weighted by molar-refractivity contribution is -0.137. The largest absolute Gasteiger partial charge is 0.454 e. The van der Waals surface area contributed by atoms with E-state index in [4.69, 9.17) is 14.2 Å². The van der Waals surface area contributed by atoms with Gasteiger partial charge in [0.05, 0.1) is 12.5 Å². The standard InChI is InChI=1S/C17H21NO4/c1-20-14-8-12-3-4-13(9-14)18(12)17(19)7-11-2-5-15-16(6-11)22-10-21-15/h2,5-6,12-14H,3-4,7-10H2,1H3/t12-,13+,14?. The van der Waals surface area contributed by atoms with E-state index in [1.807, 2.05) is 18.2 Å². The van der Waals surface area contributed by atoms with Crippen molar-refractivity contribution in [2.24, 2.45) is 0 Å². The van der Waals surface area contributed by atoms with Crippen molar-refractivity contribution in [1.82, 2.24) is 4.90 Å². The lowest BCUT2D eigenvalue weighted by Gasteiger charge is -2.38. The van der Waals surface area contributed by atoms with Crippen LogP contribution in [-0.2, 0) is 16.0 Å². The molecule has 0 spiro atoms. The van der Waals surface area contributed by atoms with E-state index in [2.05, 4.69) is 4.90 Å². The molecule has 0 saturated carbocycles. The molecule has 1 aromatic carbocycles. The number of fused-ring (bicyclic) bond motifs is 3. The highest BCUT2D eigenvalue weighted by Gasteiger charge is 2.43. The van der Waals surface area contributed by atoms with E-state index in [-0.39, 0.29) is 12.7 Å². The molecule has 22 heavy (non-hydrogen) atoms. The third-order valence-corrected chi connectivity index (χ3v) is 5.10. The van der Waals surface area contributed by atoms with Gasteiger partial charge in [0.2, 0.25) is 12.7 Å². The van der Waals surface area contributed by atoms with Crippen LogP contribution in [0.1, 0.15) is 31.2 Å². The zero-order valence-electron chi connectivity index (χ0n) is 12.8. The highest BCUT2D eigenvalue weighted by molar-refractivity contribution is 5.80. The Kier molecular flexibility index (Phi) is 3.45. The van der Waals surface area contributed by atoms with Crippen LogP contribution in [0, 0.1) is 0 Å². The van der Waals surface area contributed by atoms with Crippen molar-refractivity contribution in [3.8, 4) is 11.5 Å². The summed E-state index contributed by atoms with van der Waals surface area (Å²) in [5.41, 5.74) is 0.988. The van der Waals surface area contributed by atoms with Gasteiger partial charge < -0.3 is 19.1 Å². The predicted molar refractivity (Wildman–Crippen MR) is 80.0 cm³/mol. The summed E-state index contributed by atoms with van der Waals surface area (Å²) in [6, 6.07) is 6.46. The molecule has 4 rings (SSSR count). The number of rotatable bonds is 3. The molecule has 0 radical (unpaired) electrons. The SMILES string of the molecule is COC1C[C@H]2CC[C@@H](C1)N2C(=O)Cc1ccc2c(c1)OCO2. The monoisotopic (exact) mass is 303 g/mol. The maximum absolute atomic E-state index is 12.7. The van der Waals surface area contributed by atoms with Crippen LogP contribution < -0.4 is 9.47 Å². The average Bonchev–Trinajstić information content (AvgIpc) is 3.09. The molecule has 2 saturated heterocycles. The van der Waals surface area contributed by atoms with E-state index in [9.17, 15) is 4.79 Å². The molecule has 1 unspecified atom stereocenters. The Morgan fingerprint density at radius 3 is 2.68 bits per heavy atom. The summed E-state index contributed by atoms with van der Waals surface area (Å²) in [6.45, 7) is 0.265. The minimum absolute atomic E-state index is 0.223. The first-order valence-electron chi connectivity index (χ1n) is 7.97. The number of hydrogen-bond donors (Lipinski definition) is 0. The van der Waals surface area contributed by atoms with Gasteiger partial charge in [0.15, 0.2) is 11.5 Å². The molecule has 5 nitrogen and oxygen atoms in total. The topological polar surface area (TPSA) is 48.0 Å². The molecule has 0 aliphatic carbocycles. The van der Waals surface area contributed by atoms with E-state index >= 15 is 0 Å². The molecule has 2 bridgehead atoms. The number of ether oxygens (including phenoxy) is 3. The number of hydrogen-bond acceptors (Lipinski definition) is 4.